The fourth-order valence-corrected chi connectivity index (χ4v) is 3.21. The van der Waals surface area contributed by atoms with Crippen LogP contribution in [0.4, 0.5) is 0 Å². The highest BCUT2D eigenvalue weighted by Crippen LogP contribution is 2.17. The number of benzene rings is 3. The van der Waals surface area contributed by atoms with E-state index in [1.54, 1.807) is 12.1 Å². The normalized spacial score (nSPS) is 12.5. The average molecular weight is 394 g/mol. The molecular formula is C24H24ClNO2. The molecule has 3 aromatic carbocycles. The quantitative estimate of drug-likeness (QED) is 0.448. The van der Waals surface area contributed by atoms with Crippen LogP contribution in [0.3, 0.4) is 0 Å². The van der Waals surface area contributed by atoms with Gasteiger partial charge in [-0.1, -0.05) is 91.0 Å². The number of ketones is 1. The molecule has 0 bridgehead atoms. The van der Waals surface area contributed by atoms with Crippen LogP contribution < -0.4 is 12.4 Å². The monoisotopic (exact) mass is 393 g/mol. The zero-order chi connectivity index (χ0) is 19.1. The van der Waals surface area contributed by atoms with Crippen molar-refractivity contribution >= 4 is 11.7 Å². The summed E-state index contributed by atoms with van der Waals surface area (Å²) in [6.45, 7) is 0.635. The van der Waals surface area contributed by atoms with Crippen molar-refractivity contribution in [1.82, 2.24) is 0 Å². The lowest BCUT2D eigenvalue weighted by molar-refractivity contribution is -0.839. The Morgan fingerprint density at radius 3 is 1.71 bits per heavy atom. The molecule has 3 rings (SSSR count). The number of quaternary nitrogens is 1. The first kappa shape index (κ1) is 21.5. The van der Waals surface area contributed by atoms with Crippen molar-refractivity contribution in [3.8, 4) is 0 Å². The maximum atomic E-state index is 13.2. The second-order valence-corrected chi connectivity index (χ2v) is 7.04. The molecule has 0 spiro atoms. The summed E-state index contributed by atoms with van der Waals surface area (Å²) in [5.74, 6) is 0.0183. The Morgan fingerprint density at radius 2 is 1.18 bits per heavy atom. The van der Waals surface area contributed by atoms with Gasteiger partial charge in [0, 0.05) is 11.1 Å². The summed E-state index contributed by atoms with van der Waals surface area (Å²) in [6, 6.07) is 28.7. The van der Waals surface area contributed by atoms with Gasteiger partial charge < -0.3 is 12.4 Å². The molecule has 0 saturated carbocycles. The summed E-state index contributed by atoms with van der Waals surface area (Å²) in [5.41, 5.74) is 2.65. The van der Waals surface area contributed by atoms with E-state index >= 15 is 0 Å². The third kappa shape index (κ3) is 5.62. The van der Waals surface area contributed by atoms with Crippen molar-refractivity contribution in [2.24, 2.45) is 0 Å². The lowest BCUT2D eigenvalue weighted by atomic mass is 10.1. The topological polar surface area (TPSA) is 34.1 Å². The highest BCUT2D eigenvalue weighted by atomic mass is 35.5. The molecule has 0 fully saturated rings. The number of amides is 1. The minimum atomic E-state index is -0.0181. The Morgan fingerprint density at radius 1 is 0.714 bits per heavy atom. The van der Waals surface area contributed by atoms with Gasteiger partial charge in [-0.05, 0) is 5.56 Å². The Kier molecular flexibility index (Phi) is 7.68. The number of hydrogen-bond acceptors (Lipinski definition) is 2. The maximum absolute atomic E-state index is 13.2. The summed E-state index contributed by atoms with van der Waals surface area (Å²) in [5, 5.41) is 0. The fraction of sp³-hybridized carbons (Fsp3) is 0.167. The Balaban J connectivity index is 0.00000280. The second-order valence-electron chi connectivity index (χ2n) is 7.04. The predicted octanol–water partition coefficient (Wildman–Crippen LogP) is 1.29. The highest BCUT2D eigenvalue weighted by molar-refractivity contribution is 5.97. The van der Waals surface area contributed by atoms with Crippen LogP contribution in [0.2, 0.25) is 0 Å². The van der Waals surface area contributed by atoms with E-state index in [4.69, 9.17) is 0 Å². The highest BCUT2D eigenvalue weighted by Gasteiger charge is 2.34. The van der Waals surface area contributed by atoms with Crippen LogP contribution >= 0.6 is 0 Å². The third-order valence-corrected chi connectivity index (χ3v) is 4.76. The van der Waals surface area contributed by atoms with Gasteiger partial charge in [-0.15, -0.1) is 0 Å². The van der Waals surface area contributed by atoms with Gasteiger partial charge in [0.15, 0.2) is 0 Å². The van der Waals surface area contributed by atoms with Crippen LogP contribution in [0.1, 0.15) is 21.5 Å². The molecule has 4 heteroatoms. The first-order valence-corrected chi connectivity index (χ1v) is 9.11. The Bertz CT molecular complexity index is 898. The Hall–Kier alpha value is -2.75. The number of Topliss-reactive ketones (excluding diaryl/α,β-unsaturated/α-hetero) is 1. The van der Waals surface area contributed by atoms with E-state index in [1.807, 2.05) is 85.9 Å². The van der Waals surface area contributed by atoms with Gasteiger partial charge in [0.25, 0.3) is 0 Å². The molecular weight excluding hydrogens is 370 g/mol. The molecule has 0 aliphatic heterocycles. The first-order chi connectivity index (χ1) is 13.1. The van der Waals surface area contributed by atoms with Gasteiger partial charge in [0.2, 0.25) is 5.78 Å². The first-order valence-electron chi connectivity index (χ1n) is 9.11. The number of halogens is 1. The average Bonchev–Trinajstić information content (AvgIpc) is 2.70. The number of hydrogen-bond donors (Lipinski definition) is 0. The Labute approximate surface area is 172 Å². The molecule has 0 aliphatic rings. The molecule has 0 N–H and O–H groups in total. The predicted molar refractivity (Wildman–Crippen MR) is 107 cm³/mol. The minimum Gasteiger partial charge on any atom is -1.00 e. The lowest BCUT2D eigenvalue weighted by Crippen LogP contribution is -3.00. The molecule has 0 heterocycles. The minimum absolute atomic E-state index is 0. The van der Waals surface area contributed by atoms with Gasteiger partial charge >= 0.3 is 5.91 Å². The molecule has 3 aromatic rings. The third-order valence-electron chi connectivity index (χ3n) is 4.76. The SMILES string of the molecule is C[N+](CC(=O)c1ccccc1)(Cc1ccccc1)C(=O)Cc1ccccc1.[Cl-]. The van der Waals surface area contributed by atoms with Gasteiger partial charge in [0.05, 0.1) is 13.5 Å². The molecule has 3 nitrogen and oxygen atoms in total. The number of carbonyl (C=O) groups excluding carboxylic acids is 2. The van der Waals surface area contributed by atoms with E-state index in [9.17, 15) is 9.59 Å². The van der Waals surface area contributed by atoms with E-state index in [-0.39, 0.29) is 35.1 Å². The van der Waals surface area contributed by atoms with Crippen molar-refractivity contribution in [2.45, 2.75) is 13.0 Å². The van der Waals surface area contributed by atoms with Crippen molar-refractivity contribution in [2.75, 3.05) is 13.6 Å². The van der Waals surface area contributed by atoms with Crippen LogP contribution in [-0.4, -0.2) is 29.8 Å². The zero-order valence-electron chi connectivity index (χ0n) is 15.9. The van der Waals surface area contributed by atoms with Crippen molar-refractivity contribution < 1.29 is 26.5 Å². The summed E-state index contributed by atoms with van der Waals surface area (Å²) in [7, 11) is 1.86. The molecule has 0 radical (unpaired) electrons. The second kappa shape index (κ2) is 9.98. The van der Waals surface area contributed by atoms with Gasteiger partial charge in [-0.2, -0.15) is 0 Å². The molecule has 1 unspecified atom stereocenters. The molecule has 0 saturated heterocycles. The lowest BCUT2D eigenvalue weighted by Gasteiger charge is -2.31. The van der Waals surface area contributed by atoms with Crippen LogP contribution in [0.15, 0.2) is 91.0 Å². The van der Waals surface area contributed by atoms with Crippen LogP contribution in [0.25, 0.3) is 0 Å². The largest absolute Gasteiger partial charge is 1.00 e. The van der Waals surface area contributed by atoms with Crippen LogP contribution in [-0.2, 0) is 17.8 Å². The van der Waals surface area contributed by atoms with Crippen LogP contribution in [0, 0.1) is 0 Å². The molecule has 28 heavy (non-hydrogen) atoms. The summed E-state index contributed by atoms with van der Waals surface area (Å²) >= 11 is 0. The standard InChI is InChI=1S/C24H24NO2.ClH/c1-25(18-21-13-7-3-8-14-21,19-23(26)22-15-9-4-10-16-22)24(27)17-20-11-5-2-6-12-20;/h2-16H,17-19H2,1H3;1H/q+1;/p-1. The van der Waals surface area contributed by atoms with E-state index < -0.39 is 0 Å². The van der Waals surface area contributed by atoms with E-state index in [2.05, 4.69) is 0 Å². The molecule has 0 aromatic heterocycles. The smallest absolute Gasteiger partial charge is 0.318 e. The van der Waals surface area contributed by atoms with E-state index in [0.717, 1.165) is 11.1 Å². The van der Waals surface area contributed by atoms with Gasteiger partial charge in [0.1, 0.15) is 13.1 Å². The summed E-state index contributed by atoms with van der Waals surface area (Å²) in [4.78, 5) is 26.1. The van der Waals surface area contributed by atoms with Gasteiger partial charge in [-0.3, -0.25) is 9.28 Å². The van der Waals surface area contributed by atoms with Gasteiger partial charge in [-0.25, -0.2) is 4.79 Å². The van der Waals surface area contributed by atoms with E-state index in [0.29, 0.717) is 18.5 Å². The number of carbonyl (C=O) groups is 2. The van der Waals surface area contributed by atoms with Crippen LogP contribution in [0.5, 0.6) is 0 Å². The summed E-state index contributed by atoms with van der Waals surface area (Å²) < 4.78 is 0.0482. The molecule has 1 atom stereocenters. The zero-order valence-corrected chi connectivity index (χ0v) is 16.7. The van der Waals surface area contributed by atoms with Crippen molar-refractivity contribution in [3.05, 3.63) is 108 Å². The number of likely N-dealkylation sites (N-methyl/N-ethyl adjacent to an activating group) is 1. The fourth-order valence-electron chi connectivity index (χ4n) is 3.21. The number of nitrogens with zero attached hydrogens (tertiary/aromatic N) is 1. The van der Waals surface area contributed by atoms with E-state index in [1.165, 1.54) is 0 Å². The maximum Gasteiger partial charge on any atom is 0.318 e. The molecule has 1 amide bonds. The van der Waals surface area contributed by atoms with Crippen molar-refractivity contribution in [1.29, 1.82) is 0 Å². The van der Waals surface area contributed by atoms with Crippen molar-refractivity contribution in [3.63, 3.8) is 0 Å². The summed E-state index contributed by atoms with van der Waals surface area (Å²) in [6.07, 6.45) is 0.312. The molecule has 144 valence electrons. The molecule has 0 aliphatic carbocycles. The number of rotatable bonds is 7.